The van der Waals surface area contributed by atoms with E-state index in [9.17, 15) is 9.59 Å². The third-order valence-corrected chi connectivity index (χ3v) is 4.21. The Kier molecular flexibility index (Phi) is 4.06. The van der Waals surface area contributed by atoms with Crippen LogP contribution in [0, 0.1) is 6.92 Å². The van der Waals surface area contributed by atoms with Crippen molar-refractivity contribution in [3.8, 4) is 0 Å². The van der Waals surface area contributed by atoms with Gasteiger partial charge in [-0.3, -0.25) is 9.59 Å². The maximum absolute atomic E-state index is 12.0. The van der Waals surface area contributed by atoms with Crippen LogP contribution >= 0.6 is 11.3 Å². The van der Waals surface area contributed by atoms with Gasteiger partial charge in [-0.15, -0.1) is 11.3 Å². The maximum Gasteiger partial charge on any atom is 0.246 e. The Balaban J connectivity index is 1.59. The van der Waals surface area contributed by atoms with E-state index in [4.69, 9.17) is 0 Å². The lowest BCUT2D eigenvalue weighted by Crippen LogP contribution is -2.37. The number of aromatic nitrogens is 1. The molecule has 6 nitrogen and oxygen atoms in total. The van der Waals surface area contributed by atoms with Crippen molar-refractivity contribution < 1.29 is 9.59 Å². The lowest BCUT2D eigenvalue weighted by atomic mass is 10.2. The van der Waals surface area contributed by atoms with Crippen molar-refractivity contribution in [2.24, 2.45) is 0 Å². The molecule has 114 valence electrons. The predicted octanol–water partition coefficient (Wildman–Crippen LogP) is 2.41. The molecule has 1 aliphatic rings. The van der Waals surface area contributed by atoms with Crippen LogP contribution in [-0.2, 0) is 9.59 Å². The van der Waals surface area contributed by atoms with Gasteiger partial charge in [-0.25, -0.2) is 4.98 Å². The number of nitrogens with zero attached hydrogens (tertiary/aromatic N) is 1. The Labute approximate surface area is 132 Å². The SMILES string of the molecule is Cc1csc(Nc2ccc(NC(=O)C3CCC(=O)N3)cc2)n1. The largest absolute Gasteiger partial charge is 0.344 e. The molecule has 3 rings (SSSR count). The number of thiazole rings is 1. The average molecular weight is 316 g/mol. The standard InChI is InChI=1S/C15H16N4O2S/c1-9-8-22-15(16-9)18-11-4-2-10(3-5-11)17-14(21)12-6-7-13(20)19-12/h2-5,8,12H,6-7H2,1H3,(H,16,18)(H,17,21)(H,19,20). The van der Waals surface area contributed by atoms with Gasteiger partial charge in [0, 0.05) is 23.2 Å². The first-order chi connectivity index (χ1) is 10.6. The monoisotopic (exact) mass is 316 g/mol. The number of amides is 2. The Hall–Kier alpha value is -2.41. The van der Waals surface area contributed by atoms with Crippen LogP contribution in [0.25, 0.3) is 0 Å². The highest BCUT2D eigenvalue weighted by atomic mass is 32.1. The summed E-state index contributed by atoms with van der Waals surface area (Å²) in [5.74, 6) is -0.249. The highest BCUT2D eigenvalue weighted by Crippen LogP contribution is 2.22. The Morgan fingerprint density at radius 3 is 2.64 bits per heavy atom. The smallest absolute Gasteiger partial charge is 0.246 e. The topological polar surface area (TPSA) is 83.1 Å². The van der Waals surface area contributed by atoms with Crippen molar-refractivity contribution in [3.63, 3.8) is 0 Å². The quantitative estimate of drug-likeness (QED) is 0.809. The predicted molar refractivity (Wildman–Crippen MR) is 86.4 cm³/mol. The van der Waals surface area contributed by atoms with Crippen LogP contribution in [0.2, 0.25) is 0 Å². The van der Waals surface area contributed by atoms with Gasteiger partial charge in [-0.05, 0) is 37.6 Å². The number of nitrogens with one attached hydrogen (secondary N) is 3. The van der Waals surface area contributed by atoms with E-state index in [1.807, 2.05) is 36.6 Å². The van der Waals surface area contributed by atoms with Crippen molar-refractivity contribution in [2.45, 2.75) is 25.8 Å². The van der Waals surface area contributed by atoms with Crippen molar-refractivity contribution >= 4 is 39.7 Å². The zero-order valence-corrected chi connectivity index (χ0v) is 12.9. The van der Waals surface area contributed by atoms with Crippen LogP contribution in [0.3, 0.4) is 0 Å². The lowest BCUT2D eigenvalue weighted by molar-refractivity contribution is -0.122. The molecule has 22 heavy (non-hydrogen) atoms. The molecule has 0 aliphatic carbocycles. The molecule has 1 fully saturated rings. The summed E-state index contributed by atoms with van der Waals surface area (Å²) in [4.78, 5) is 27.4. The fourth-order valence-corrected chi connectivity index (χ4v) is 2.92. The zero-order chi connectivity index (χ0) is 15.5. The number of anilines is 3. The fraction of sp³-hybridized carbons (Fsp3) is 0.267. The summed E-state index contributed by atoms with van der Waals surface area (Å²) in [6, 6.07) is 6.96. The van der Waals surface area contributed by atoms with Gasteiger partial charge in [-0.1, -0.05) is 0 Å². The van der Waals surface area contributed by atoms with Crippen LogP contribution in [0.5, 0.6) is 0 Å². The second-order valence-electron chi connectivity index (χ2n) is 5.14. The fourth-order valence-electron chi connectivity index (χ4n) is 2.21. The molecule has 1 atom stereocenters. The third kappa shape index (κ3) is 3.43. The van der Waals surface area contributed by atoms with Crippen LogP contribution in [0.4, 0.5) is 16.5 Å². The summed E-state index contributed by atoms with van der Waals surface area (Å²) >= 11 is 1.54. The summed E-state index contributed by atoms with van der Waals surface area (Å²) in [5.41, 5.74) is 2.59. The molecule has 1 unspecified atom stereocenters. The number of hydrogen-bond donors (Lipinski definition) is 3. The average Bonchev–Trinajstić information content (AvgIpc) is 3.10. The molecule has 0 radical (unpaired) electrons. The molecule has 3 N–H and O–H groups in total. The van der Waals surface area contributed by atoms with Gasteiger partial charge in [0.25, 0.3) is 0 Å². The minimum atomic E-state index is -0.427. The maximum atomic E-state index is 12.0. The molecule has 2 heterocycles. The molecular formula is C15H16N4O2S. The molecule has 2 aromatic rings. The second kappa shape index (κ2) is 6.15. The summed E-state index contributed by atoms with van der Waals surface area (Å²) in [7, 11) is 0. The van der Waals surface area contributed by atoms with E-state index in [-0.39, 0.29) is 11.8 Å². The van der Waals surface area contributed by atoms with Gasteiger partial charge in [0.05, 0.1) is 5.69 Å². The number of benzene rings is 1. The number of hydrogen-bond acceptors (Lipinski definition) is 5. The van der Waals surface area contributed by atoms with Gasteiger partial charge in [0.15, 0.2) is 5.13 Å². The van der Waals surface area contributed by atoms with E-state index in [2.05, 4.69) is 20.9 Å². The van der Waals surface area contributed by atoms with Crippen LogP contribution in [-0.4, -0.2) is 22.8 Å². The first kappa shape index (κ1) is 14.5. The van der Waals surface area contributed by atoms with Crippen molar-refractivity contribution in [1.29, 1.82) is 0 Å². The van der Waals surface area contributed by atoms with E-state index >= 15 is 0 Å². The van der Waals surface area contributed by atoms with E-state index in [1.165, 1.54) is 0 Å². The third-order valence-electron chi connectivity index (χ3n) is 3.33. The van der Waals surface area contributed by atoms with Gasteiger partial charge in [-0.2, -0.15) is 0 Å². The van der Waals surface area contributed by atoms with Gasteiger partial charge in [0.2, 0.25) is 11.8 Å². The number of carbonyl (C=O) groups is 2. The Morgan fingerprint density at radius 1 is 1.32 bits per heavy atom. The summed E-state index contributed by atoms with van der Waals surface area (Å²) < 4.78 is 0. The van der Waals surface area contributed by atoms with Gasteiger partial charge >= 0.3 is 0 Å². The summed E-state index contributed by atoms with van der Waals surface area (Å²) in [6.07, 6.45) is 0.960. The second-order valence-corrected chi connectivity index (χ2v) is 6.00. The Bertz CT molecular complexity index is 696. The molecule has 0 bridgehead atoms. The first-order valence-corrected chi connectivity index (χ1v) is 7.87. The zero-order valence-electron chi connectivity index (χ0n) is 12.1. The minimum Gasteiger partial charge on any atom is -0.344 e. The highest BCUT2D eigenvalue weighted by Gasteiger charge is 2.26. The van der Waals surface area contributed by atoms with E-state index in [0.29, 0.717) is 18.5 Å². The number of rotatable bonds is 4. The minimum absolute atomic E-state index is 0.0709. The first-order valence-electron chi connectivity index (χ1n) is 6.99. The molecule has 1 aromatic heterocycles. The molecule has 1 aliphatic heterocycles. The number of aryl methyl sites for hydroxylation is 1. The Morgan fingerprint density at radius 2 is 2.05 bits per heavy atom. The van der Waals surface area contributed by atoms with Crippen LogP contribution in [0.1, 0.15) is 18.5 Å². The van der Waals surface area contributed by atoms with Gasteiger partial charge in [0.1, 0.15) is 6.04 Å². The molecule has 2 amide bonds. The van der Waals surface area contributed by atoms with E-state index < -0.39 is 6.04 Å². The van der Waals surface area contributed by atoms with Crippen LogP contribution in [0.15, 0.2) is 29.6 Å². The number of carbonyl (C=O) groups excluding carboxylic acids is 2. The van der Waals surface area contributed by atoms with Crippen molar-refractivity contribution in [1.82, 2.24) is 10.3 Å². The lowest BCUT2D eigenvalue weighted by Gasteiger charge is -2.11. The summed E-state index contributed by atoms with van der Waals surface area (Å²) in [6.45, 7) is 1.95. The summed E-state index contributed by atoms with van der Waals surface area (Å²) in [5, 5.41) is 11.5. The van der Waals surface area contributed by atoms with Gasteiger partial charge < -0.3 is 16.0 Å². The van der Waals surface area contributed by atoms with Crippen molar-refractivity contribution in [3.05, 3.63) is 35.3 Å². The molecule has 7 heteroatoms. The molecule has 1 saturated heterocycles. The molecule has 0 spiro atoms. The van der Waals surface area contributed by atoms with Crippen LogP contribution < -0.4 is 16.0 Å². The highest BCUT2D eigenvalue weighted by molar-refractivity contribution is 7.13. The van der Waals surface area contributed by atoms with E-state index in [1.54, 1.807) is 11.3 Å². The molecule has 0 saturated carbocycles. The normalized spacial score (nSPS) is 17.1. The van der Waals surface area contributed by atoms with E-state index in [0.717, 1.165) is 16.5 Å². The molecular weight excluding hydrogens is 300 g/mol. The van der Waals surface area contributed by atoms with Crippen molar-refractivity contribution in [2.75, 3.05) is 10.6 Å². The molecule has 1 aromatic carbocycles.